The van der Waals surface area contributed by atoms with Crippen LogP contribution in [0.5, 0.6) is 5.88 Å². The van der Waals surface area contributed by atoms with Gasteiger partial charge in [-0.05, 0) is 11.4 Å². The second-order valence-corrected chi connectivity index (χ2v) is 4.41. The fourth-order valence-corrected chi connectivity index (χ4v) is 2.03. The maximum absolute atomic E-state index is 11.9. The van der Waals surface area contributed by atoms with Gasteiger partial charge in [-0.15, -0.1) is 0 Å². The van der Waals surface area contributed by atoms with Crippen LogP contribution < -0.4 is 9.64 Å². The molecule has 2 rings (SSSR count). The van der Waals surface area contributed by atoms with Crippen LogP contribution in [-0.2, 0) is 4.79 Å². The normalized spacial score (nSPS) is 18.3. The fourth-order valence-electron chi connectivity index (χ4n) is 1.86. The Morgan fingerprint density at radius 1 is 1.68 bits per heavy atom. The van der Waals surface area contributed by atoms with Crippen molar-refractivity contribution in [2.24, 2.45) is 11.0 Å². The molecular weight excluding hydrogens is 272 g/mol. The molecule has 100 valence electrons. The van der Waals surface area contributed by atoms with Crippen LogP contribution in [0.25, 0.3) is 10.4 Å². The van der Waals surface area contributed by atoms with Crippen LogP contribution in [0.3, 0.4) is 0 Å². The third-order valence-electron chi connectivity index (χ3n) is 2.72. The number of carbonyl (C=O) groups excluding carboxylic acids is 1. The lowest BCUT2D eigenvalue weighted by Gasteiger charge is -2.14. The lowest BCUT2D eigenvalue weighted by Crippen LogP contribution is -2.27. The number of hydrogen-bond acceptors (Lipinski definition) is 5. The second kappa shape index (κ2) is 5.73. The summed E-state index contributed by atoms with van der Waals surface area (Å²) in [6.07, 6.45) is 0.303. The summed E-state index contributed by atoms with van der Waals surface area (Å²) in [5.41, 5.74) is 8.28. The highest BCUT2D eigenvalue weighted by Crippen LogP contribution is 2.25. The molecule has 9 heteroatoms. The summed E-state index contributed by atoms with van der Waals surface area (Å²) >= 11 is 5.84. The molecule has 0 radical (unpaired) electrons. The number of halogens is 1. The molecule has 0 bridgehead atoms. The summed E-state index contributed by atoms with van der Waals surface area (Å²) in [6.45, 7) is 0.678. The summed E-state index contributed by atoms with van der Waals surface area (Å²) in [5, 5.41) is 3.68. The highest BCUT2D eigenvalue weighted by atomic mass is 35.5. The Morgan fingerprint density at radius 3 is 3.16 bits per heavy atom. The number of anilines is 1. The first-order valence-electron chi connectivity index (χ1n) is 5.54. The molecule has 1 fully saturated rings. The quantitative estimate of drug-likeness (QED) is 0.363. The van der Waals surface area contributed by atoms with Crippen LogP contribution >= 0.6 is 11.6 Å². The van der Waals surface area contributed by atoms with E-state index < -0.39 is 0 Å². The number of ether oxygens (including phenoxy) is 1. The molecular formula is C10H11ClN6O2. The van der Waals surface area contributed by atoms with Crippen molar-refractivity contribution >= 4 is 23.5 Å². The van der Waals surface area contributed by atoms with Gasteiger partial charge in [0, 0.05) is 30.5 Å². The first-order chi connectivity index (χ1) is 9.13. The molecule has 1 amide bonds. The molecule has 0 spiro atoms. The van der Waals surface area contributed by atoms with E-state index in [1.807, 2.05) is 0 Å². The molecule has 1 aliphatic rings. The Balaban J connectivity index is 2.20. The van der Waals surface area contributed by atoms with Gasteiger partial charge in [-0.1, -0.05) is 16.7 Å². The first kappa shape index (κ1) is 13.4. The molecule has 1 atom stereocenters. The van der Waals surface area contributed by atoms with E-state index in [4.69, 9.17) is 21.9 Å². The van der Waals surface area contributed by atoms with Crippen LogP contribution in [0, 0.1) is 5.92 Å². The molecule has 1 aliphatic heterocycles. The van der Waals surface area contributed by atoms with E-state index in [1.54, 1.807) is 0 Å². The molecule has 0 N–H and O–H groups in total. The third kappa shape index (κ3) is 3.04. The van der Waals surface area contributed by atoms with E-state index >= 15 is 0 Å². The average Bonchev–Trinajstić information content (AvgIpc) is 2.76. The Morgan fingerprint density at radius 2 is 2.47 bits per heavy atom. The van der Waals surface area contributed by atoms with Gasteiger partial charge in [-0.2, -0.15) is 4.98 Å². The maximum atomic E-state index is 11.9. The molecule has 0 saturated carbocycles. The number of aromatic nitrogens is 2. The van der Waals surface area contributed by atoms with E-state index in [-0.39, 0.29) is 29.5 Å². The van der Waals surface area contributed by atoms with Gasteiger partial charge in [0.05, 0.1) is 7.11 Å². The van der Waals surface area contributed by atoms with Gasteiger partial charge in [0.15, 0.2) is 0 Å². The van der Waals surface area contributed by atoms with E-state index in [9.17, 15) is 4.79 Å². The summed E-state index contributed by atoms with van der Waals surface area (Å²) in [7, 11) is 1.46. The van der Waals surface area contributed by atoms with Crippen molar-refractivity contribution in [2.75, 3.05) is 25.1 Å². The zero-order valence-electron chi connectivity index (χ0n) is 10.2. The number of azide groups is 1. The SMILES string of the molecule is COc1cc(Cl)nc(N2CC(CN=[N+]=[N-])CC2=O)n1. The number of amides is 1. The summed E-state index contributed by atoms with van der Waals surface area (Å²) in [5.74, 6) is 0.346. The Labute approximate surface area is 114 Å². The number of hydrogen-bond donors (Lipinski definition) is 0. The molecule has 1 aromatic rings. The molecule has 0 aromatic carbocycles. The Hall–Kier alpha value is -2.05. The van der Waals surface area contributed by atoms with E-state index in [1.165, 1.54) is 18.1 Å². The predicted octanol–water partition coefficient (Wildman–Crippen LogP) is 1.80. The van der Waals surface area contributed by atoms with Gasteiger partial charge < -0.3 is 4.74 Å². The van der Waals surface area contributed by atoms with Crippen molar-refractivity contribution in [1.82, 2.24) is 9.97 Å². The minimum absolute atomic E-state index is 0.0306. The van der Waals surface area contributed by atoms with Crippen molar-refractivity contribution < 1.29 is 9.53 Å². The molecule has 1 aromatic heterocycles. The highest BCUT2D eigenvalue weighted by molar-refractivity contribution is 6.29. The van der Waals surface area contributed by atoms with Gasteiger partial charge in [0.1, 0.15) is 5.15 Å². The fraction of sp³-hybridized carbons (Fsp3) is 0.500. The van der Waals surface area contributed by atoms with Gasteiger partial charge in [0.25, 0.3) is 0 Å². The summed E-state index contributed by atoms with van der Waals surface area (Å²) in [6, 6.07) is 1.46. The maximum Gasteiger partial charge on any atom is 0.236 e. The van der Waals surface area contributed by atoms with Crippen molar-refractivity contribution in [1.29, 1.82) is 0 Å². The predicted molar refractivity (Wildman–Crippen MR) is 68.1 cm³/mol. The van der Waals surface area contributed by atoms with E-state index in [2.05, 4.69) is 20.0 Å². The van der Waals surface area contributed by atoms with Crippen molar-refractivity contribution in [2.45, 2.75) is 6.42 Å². The van der Waals surface area contributed by atoms with Crippen LogP contribution in [-0.4, -0.2) is 36.1 Å². The number of carbonyl (C=O) groups is 1. The molecule has 2 heterocycles. The molecule has 8 nitrogen and oxygen atoms in total. The van der Waals surface area contributed by atoms with Crippen LogP contribution in [0.1, 0.15) is 6.42 Å². The third-order valence-corrected chi connectivity index (χ3v) is 2.91. The Bertz CT molecular complexity index is 545. The highest BCUT2D eigenvalue weighted by Gasteiger charge is 2.32. The largest absolute Gasteiger partial charge is 0.481 e. The van der Waals surface area contributed by atoms with Gasteiger partial charge in [0.2, 0.25) is 17.7 Å². The standard InChI is InChI=1S/C10H11ClN6O2/c1-19-8-3-7(11)14-10(15-8)17-5-6(2-9(17)18)4-13-16-12/h3,6H,2,4-5H2,1H3. The average molecular weight is 283 g/mol. The van der Waals surface area contributed by atoms with E-state index in [0.29, 0.717) is 18.8 Å². The summed E-state index contributed by atoms with van der Waals surface area (Å²) in [4.78, 5) is 24.1. The minimum Gasteiger partial charge on any atom is -0.481 e. The van der Waals surface area contributed by atoms with Gasteiger partial charge in [-0.3, -0.25) is 9.69 Å². The summed E-state index contributed by atoms with van der Waals surface area (Å²) < 4.78 is 4.98. The van der Waals surface area contributed by atoms with Crippen LogP contribution in [0.4, 0.5) is 5.95 Å². The topological polar surface area (TPSA) is 104 Å². The van der Waals surface area contributed by atoms with Gasteiger partial charge >= 0.3 is 0 Å². The van der Waals surface area contributed by atoms with Crippen molar-refractivity contribution in [3.05, 3.63) is 21.7 Å². The van der Waals surface area contributed by atoms with Crippen LogP contribution in [0.15, 0.2) is 11.2 Å². The lowest BCUT2D eigenvalue weighted by atomic mass is 10.1. The monoisotopic (exact) mass is 282 g/mol. The van der Waals surface area contributed by atoms with Crippen molar-refractivity contribution in [3.8, 4) is 5.88 Å². The van der Waals surface area contributed by atoms with E-state index in [0.717, 1.165) is 0 Å². The minimum atomic E-state index is -0.123. The second-order valence-electron chi connectivity index (χ2n) is 4.02. The van der Waals surface area contributed by atoms with Crippen LogP contribution in [0.2, 0.25) is 5.15 Å². The Kier molecular flexibility index (Phi) is 4.03. The number of nitrogens with zero attached hydrogens (tertiary/aromatic N) is 6. The number of methoxy groups -OCH3 is 1. The zero-order chi connectivity index (χ0) is 13.8. The van der Waals surface area contributed by atoms with Crippen molar-refractivity contribution in [3.63, 3.8) is 0 Å². The lowest BCUT2D eigenvalue weighted by molar-refractivity contribution is -0.117. The molecule has 0 aliphatic carbocycles. The van der Waals surface area contributed by atoms with Gasteiger partial charge in [-0.25, -0.2) is 4.98 Å². The molecule has 1 saturated heterocycles. The zero-order valence-corrected chi connectivity index (χ0v) is 10.9. The smallest absolute Gasteiger partial charge is 0.236 e. The number of rotatable bonds is 4. The molecule has 19 heavy (non-hydrogen) atoms. The first-order valence-corrected chi connectivity index (χ1v) is 5.91. The molecule has 1 unspecified atom stereocenters.